The van der Waals surface area contributed by atoms with Crippen molar-refractivity contribution in [1.29, 1.82) is 0 Å². The van der Waals surface area contributed by atoms with Crippen LogP contribution in [0.4, 0.5) is 0 Å². The Bertz CT molecular complexity index is 356. The van der Waals surface area contributed by atoms with Crippen LogP contribution in [0.15, 0.2) is 18.2 Å². The Morgan fingerprint density at radius 1 is 1.05 bits per heavy atom. The van der Waals surface area contributed by atoms with Crippen LogP contribution in [-0.4, -0.2) is 18.2 Å². The molecule has 0 unspecified atom stereocenters. The number of unbranched alkanes of at least 4 members (excludes halogenated alkanes) is 2. The molecule has 0 radical (unpaired) electrons. The van der Waals surface area contributed by atoms with E-state index in [-0.39, 0.29) is 6.17 Å². The first kappa shape index (κ1) is 16.0. The molecule has 19 heavy (non-hydrogen) atoms. The van der Waals surface area contributed by atoms with Crippen molar-refractivity contribution >= 4 is 0 Å². The van der Waals surface area contributed by atoms with Crippen molar-refractivity contribution in [2.45, 2.75) is 52.6 Å². The lowest BCUT2D eigenvalue weighted by Crippen LogP contribution is -2.35. The van der Waals surface area contributed by atoms with Gasteiger partial charge in [0.15, 0.2) is 0 Å². The molecule has 0 amide bonds. The van der Waals surface area contributed by atoms with Crippen LogP contribution in [0.5, 0.6) is 5.75 Å². The molecule has 1 rings (SSSR count). The molecule has 0 saturated heterocycles. The van der Waals surface area contributed by atoms with Gasteiger partial charge < -0.3 is 5.11 Å². The highest BCUT2D eigenvalue weighted by atomic mass is 16.3. The van der Waals surface area contributed by atoms with Gasteiger partial charge in [-0.25, -0.2) is 0 Å². The zero-order chi connectivity index (χ0) is 14.1. The van der Waals surface area contributed by atoms with Crippen molar-refractivity contribution in [3.8, 4) is 5.75 Å². The summed E-state index contributed by atoms with van der Waals surface area (Å²) in [7, 11) is 0. The third-order valence-electron chi connectivity index (χ3n) is 3.34. The molecule has 0 saturated carbocycles. The van der Waals surface area contributed by atoms with Gasteiger partial charge >= 0.3 is 0 Å². The van der Waals surface area contributed by atoms with E-state index in [1.807, 2.05) is 25.1 Å². The fourth-order valence-corrected chi connectivity index (χ4v) is 2.05. The van der Waals surface area contributed by atoms with Crippen LogP contribution in [0.1, 0.15) is 56.8 Å². The van der Waals surface area contributed by atoms with Crippen molar-refractivity contribution in [3.05, 3.63) is 29.3 Å². The second kappa shape index (κ2) is 8.94. The molecular formula is C16H28N2O. The summed E-state index contributed by atoms with van der Waals surface area (Å²) in [5.74, 6) is 0.403. The first-order valence-electron chi connectivity index (χ1n) is 7.45. The number of rotatable bonds is 9. The van der Waals surface area contributed by atoms with Crippen molar-refractivity contribution in [3.63, 3.8) is 0 Å². The number of hydrogen-bond donors (Lipinski definition) is 3. The highest BCUT2D eigenvalue weighted by Crippen LogP contribution is 2.26. The number of benzene rings is 1. The lowest BCUT2D eigenvalue weighted by atomic mass is 10.1. The van der Waals surface area contributed by atoms with Gasteiger partial charge in [0.25, 0.3) is 0 Å². The number of nitrogens with one attached hydrogen (secondary N) is 2. The van der Waals surface area contributed by atoms with Crippen molar-refractivity contribution < 1.29 is 5.11 Å². The molecule has 1 aromatic rings. The molecule has 0 aliphatic carbocycles. The van der Waals surface area contributed by atoms with Gasteiger partial charge in [-0.2, -0.15) is 0 Å². The summed E-state index contributed by atoms with van der Waals surface area (Å²) in [5.41, 5.74) is 1.88. The molecule has 0 fully saturated rings. The first-order chi connectivity index (χ1) is 9.20. The molecule has 0 bridgehead atoms. The summed E-state index contributed by atoms with van der Waals surface area (Å²) in [4.78, 5) is 0. The van der Waals surface area contributed by atoms with Gasteiger partial charge in [-0.1, -0.05) is 44.9 Å². The smallest absolute Gasteiger partial charge is 0.124 e. The SMILES string of the molecule is CCCCNC(NCCCC)c1cccc(C)c1O. The lowest BCUT2D eigenvalue weighted by Gasteiger charge is -2.22. The minimum atomic E-state index is 0.0398. The maximum absolute atomic E-state index is 10.2. The largest absolute Gasteiger partial charge is 0.507 e. The van der Waals surface area contributed by atoms with Crippen LogP contribution in [0.25, 0.3) is 0 Å². The summed E-state index contributed by atoms with van der Waals surface area (Å²) >= 11 is 0. The van der Waals surface area contributed by atoms with E-state index in [4.69, 9.17) is 0 Å². The van der Waals surface area contributed by atoms with Gasteiger partial charge in [-0.3, -0.25) is 10.6 Å². The predicted octanol–water partition coefficient (Wildman–Crippen LogP) is 3.48. The van der Waals surface area contributed by atoms with Crippen molar-refractivity contribution in [1.82, 2.24) is 10.6 Å². The second-order valence-electron chi connectivity index (χ2n) is 5.06. The highest BCUT2D eigenvalue weighted by molar-refractivity contribution is 5.41. The minimum Gasteiger partial charge on any atom is -0.507 e. The summed E-state index contributed by atoms with van der Waals surface area (Å²) in [6.07, 6.45) is 4.69. The molecule has 0 aromatic heterocycles. The maximum Gasteiger partial charge on any atom is 0.124 e. The molecule has 0 aliphatic rings. The topological polar surface area (TPSA) is 44.3 Å². The summed E-state index contributed by atoms with van der Waals surface area (Å²) in [6.45, 7) is 8.24. The van der Waals surface area contributed by atoms with E-state index in [0.717, 1.165) is 37.1 Å². The van der Waals surface area contributed by atoms with Gasteiger partial charge in [-0.15, -0.1) is 0 Å². The minimum absolute atomic E-state index is 0.0398. The third kappa shape index (κ3) is 5.21. The van der Waals surface area contributed by atoms with Gasteiger partial charge in [0.1, 0.15) is 5.75 Å². The van der Waals surface area contributed by atoms with Gasteiger partial charge in [-0.05, 0) is 38.4 Å². The van der Waals surface area contributed by atoms with Crippen molar-refractivity contribution in [2.24, 2.45) is 0 Å². The fourth-order valence-electron chi connectivity index (χ4n) is 2.05. The highest BCUT2D eigenvalue weighted by Gasteiger charge is 2.14. The summed E-state index contributed by atoms with van der Waals surface area (Å²) in [6, 6.07) is 5.93. The summed E-state index contributed by atoms with van der Waals surface area (Å²) < 4.78 is 0. The molecular weight excluding hydrogens is 236 g/mol. The Morgan fingerprint density at radius 2 is 1.63 bits per heavy atom. The lowest BCUT2D eigenvalue weighted by molar-refractivity contribution is 0.399. The quantitative estimate of drug-likeness (QED) is 0.472. The molecule has 3 heteroatoms. The maximum atomic E-state index is 10.2. The second-order valence-corrected chi connectivity index (χ2v) is 5.06. The third-order valence-corrected chi connectivity index (χ3v) is 3.34. The van der Waals surface area contributed by atoms with E-state index in [1.54, 1.807) is 0 Å². The van der Waals surface area contributed by atoms with Crippen LogP contribution in [0, 0.1) is 6.92 Å². The zero-order valence-corrected chi connectivity index (χ0v) is 12.5. The number of aromatic hydroxyl groups is 1. The number of hydrogen-bond acceptors (Lipinski definition) is 3. The predicted molar refractivity (Wildman–Crippen MR) is 81.4 cm³/mol. The van der Waals surface area contributed by atoms with Crippen LogP contribution in [-0.2, 0) is 0 Å². The van der Waals surface area contributed by atoms with E-state index >= 15 is 0 Å². The van der Waals surface area contributed by atoms with Crippen LogP contribution in [0.2, 0.25) is 0 Å². The molecule has 108 valence electrons. The number of phenolic OH excluding ortho intramolecular Hbond substituents is 1. The van der Waals surface area contributed by atoms with E-state index < -0.39 is 0 Å². The van der Waals surface area contributed by atoms with Gasteiger partial charge in [0.05, 0.1) is 6.17 Å². The van der Waals surface area contributed by atoms with E-state index in [0.29, 0.717) is 5.75 Å². The Kier molecular flexibility index (Phi) is 7.53. The average Bonchev–Trinajstić information content (AvgIpc) is 2.41. The summed E-state index contributed by atoms with van der Waals surface area (Å²) in [5, 5.41) is 17.2. The van der Waals surface area contributed by atoms with Crippen LogP contribution >= 0.6 is 0 Å². The number of aryl methyl sites for hydroxylation is 1. The number of phenols is 1. The van der Waals surface area contributed by atoms with E-state index in [1.165, 1.54) is 12.8 Å². The van der Waals surface area contributed by atoms with Crippen LogP contribution in [0.3, 0.4) is 0 Å². The monoisotopic (exact) mass is 264 g/mol. The van der Waals surface area contributed by atoms with E-state index in [9.17, 15) is 5.11 Å². The van der Waals surface area contributed by atoms with Crippen LogP contribution < -0.4 is 10.6 Å². The Labute approximate surface area is 117 Å². The molecule has 3 N–H and O–H groups in total. The van der Waals surface area contributed by atoms with Gasteiger partial charge in [0.2, 0.25) is 0 Å². The normalized spacial score (nSPS) is 11.2. The molecule has 1 aromatic carbocycles. The Morgan fingerprint density at radius 3 is 2.16 bits per heavy atom. The first-order valence-corrected chi connectivity index (χ1v) is 7.45. The Hall–Kier alpha value is -1.06. The fraction of sp³-hybridized carbons (Fsp3) is 0.625. The number of para-hydroxylation sites is 1. The van der Waals surface area contributed by atoms with Gasteiger partial charge in [0, 0.05) is 5.56 Å². The molecule has 0 spiro atoms. The molecule has 3 nitrogen and oxygen atoms in total. The Balaban J connectivity index is 2.72. The molecule has 0 atom stereocenters. The standard InChI is InChI=1S/C16H28N2O/c1-4-6-11-17-16(18-12-7-5-2)14-10-8-9-13(3)15(14)19/h8-10,16-19H,4-7,11-12H2,1-3H3. The average molecular weight is 264 g/mol. The van der Waals surface area contributed by atoms with Crippen molar-refractivity contribution in [2.75, 3.05) is 13.1 Å². The zero-order valence-electron chi connectivity index (χ0n) is 12.5. The van der Waals surface area contributed by atoms with E-state index in [2.05, 4.69) is 24.5 Å². The molecule has 0 heterocycles. The molecule has 0 aliphatic heterocycles.